The highest BCUT2D eigenvalue weighted by atomic mass is 35.5. The molecule has 1 heterocycles. The van der Waals surface area contributed by atoms with Crippen LogP contribution in [0.2, 0.25) is 5.02 Å². The minimum atomic E-state index is 0.724. The number of para-hydroxylation sites is 1. The second-order valence-electron chi connectivity index (χ2n) is 6.37. The van der Waals surface area contributed by atoms with E-state index in [9.17, 15) is 0 Å². The van der Waals surface area contributed by atoms with Crippen LogP contribution in [0.3, 0.4) is 0 Å². The van der Waals surface area contributed by atoms with Crippen molar-refractivity contribution in [2.24, 2.45) is 0 Å². The van der Waals surface area contributed by atoms with Crippen molar-refractivity contribution in [2.75, 3.05) is 0 Å². The molecule has 0 fully saturated rings. The normalized spacial score (nSPS) is 11.3. The number of halogens is 1. The Bertz CT molecular complexity index is 1240. The molecule has 0 unspecified atom stereocenters. The van der Waals surface area contributed by atoms with Gasteiger partial charge >= 0.3 is 0 Å². The molecule has 0 amide bonds. The molecule has 26 heavy (non-hydrogen) atoms. The predicted octanol–water partition coefficient (Wildman–Crippen LogP) is 7.57. The average molecular weight is 355 g/mol. The maximum absolute atomic E-state index is 6.23. The first-order valence-electron chi connectivity index (χ1n) is 8.56. The van der Waals surface area contributed by atoms with E-state index < -0.39 is 0 Å². The van der Waals surface area contributed by atoms with Gasteiger partial charge in [-0.15, -0.1) is 0 Å². The molecule has 0 bridgehead atoms. The van der Waals surface area contributed by atoms with Crippen LogP contribution in [0.25, 0.3) is 44.2 Å². The van der Waals surface area contributed by atoms with Gasteiger partial charge in [0.15, 0.2) is 0 Å². The monoisotopic (exact) mass is 354 g/mol. The molecule has 1 nitrogen and oxygen atoms in total. The number of rotatable bonds is 2. The highest BCUT2D eigenvalue weighted by molar-refractivity contribution is 6.31. The Hall–Kier alpha value is -3.03. The van der Waals surface area contributed by atoms with Crippen LogP contribution in [0.5, 0.6) is 0 Å². The Kier molecular flexibility index (Phi) is 3.55. The molecule has 0 aliphatic heterocycles. The van der Waals surface area contributed by atoms with Gasteiger partial charge in [0.25, 0.3) is 0 Å². The highest BCUT2D eigenvalue weighted by Crippen LogP contribution is 2.37. The zero-order valence-corrected chi connectivity index (χ0v) is 14.7. The second-order valence-corrected chi connectivity index (χ2v) is 6.81. The Morgan fingerprint density at radius 3 is 2.23 bits per heavy atom. The van der Waals surface area contributed by atoms with Gasteiger partial charge in [-0.25, -0.2) is 0 Å². The van der Waals surface area contributed by atoms with E-state index in [4.69, 9.17) is 16.0 Å². The lowest BCUT2D eigenvalue weighted by atomic mass is 10.0. The molecule has 0 saturated carbocycles. The molecular weight excluding hydrogens is 340 g/mol. The quantitative estimate of drug-likeness (QED) is 0.318. The van der Waals surface area contributed by atoms with Crippen LogP contribution < -0.4 is 0 Å². The van der Waals surface area contributed by atoms with Gasteiger partial charge in [-0.3, -0.25) is 0 Å². The fourth-order valence-corrected chi connectivity index (χ4v) is 3.68. The predicted molar refractivity (Wildman–Crippen MR) is 110 cm³/mol. The molecule has 2 heteroatoms. The molecule has 0 saturated heterocycles. The Labute approximate surface area is 156 Å². The fraction of sp³-hybridized carbons (Fsp3) is 0. The van der Waals surface area contributed by atoms with Gasteiger partial charge in [-0.2, -0.15) is 0 Å². The van der Waals surface area contributed by atoms with E-state index >= 15 is 0 Å². The maximum Gasteiger partial charge on any atom is 0.143 e. The van der Waals surface area contributed by atoms with Crippen LogP contribution in [-0.4, -0.2) is 0 Å². The summed E-state index contributed by atoms with van der Waals surface area (Å²) in [6.07, 6.45) is 0. The van der Waals surface area contributed by atoms with Crippen molar-refractivity contribution in [1.29, 1.82) is 0 Å². The molecule has 0 aliphatic rings. The average Bonchev–Trinajstić information content (AvgIpc) is 3.06. The van der Waals surface area contributed by atoms with Crippen molar-refractivity contribution in [3.05, 3.63) is 96.0 Å². The lowest BCUT2D eigenvalue weighted by Gasteiger charge is -2.03. The first kappa shape index (κ1) is 15.2. The zero-order chi connectivity index (χ0) is 17.5. The largest absolute Gasteiger partial charge is 0.455 e. The van der Waals surface area contributed by atoms with Crippen molar-refractivity contribution in [3.8, 4) is 22.3 Å². The molecular formula is C24H15ClO. The molecule has 0 radical (unpaired) electrons. The lowest BCUT2D eigenvalue weighted by molar-refractivity contribution is 0.670. The van der Waals surface area contributed by atoms with E-state index in [1.807, 2.05) is 24.3 Å². The van der Waals surface area contributed by atoms with Crippen LogP contribution in [-0.2, 0) is 0 Å². The number of benzene rings is 4. The third kappa shape index (κ3) is 2.49. The number of hydrogen-bond donors (Lipinski definition) is 0. The van der Waals surface area contributed by atoms with Crippen molar-refractivity contribution in [2.45, 2.75) is 0 Å². The molecule has 0 aliphatic carbocycles. The van der Waals surface area contributed by atoms with Crippen molar-refractivity contribution < 1.29 is 4.42 Å². The SMILES string of the molecule is Clc1cccc(-c2cccc3c2oc2ccc(-c4ccccc4)cc23)c1. The maximum atomic E-state index is 6.23. The first-order chi connectivity index (χ1) is 12.8. The zero-order valence-electron chi connectivity index (χ0n) is 13.9. The topological polar surface area (TPSA) is 13.1 Å². The van der Waals surface area contributed by atoms with Crippen LogP contribution >= 0.6 is 11.6 Å². The Morgan fingerprint density at radius 2 is 1.38 bits per heavy atom. The van der Waals surface area contributed by atoms with Crippen LogP contribution in [0.1, 0.15) is 0 Å². The van der Waals surface area contributed by atoms with Gasteiger partial charge in [0.05, 0.1) is 0 Å². The molecule has 5 aromatic rings. The van der Waals surface area contributed by atoms with E-state index in [-0.39, 0.29) is 0 Å². The summed E-state index contributed by atoms with van der Waals surface area (Å²) in [6, 6.07) is 30.9. The third-order valence-electron chi connectivity index (χ3n) is 4.74. The standard InChI is InChI=1S/C24H15ClO/c25-19-9-4-8-18(14-19)20-10-5-11-21-22-15-17(16-6-2-1-3-7-16)12-13-23(22)26-24(20)21/h1-15H. The van der Waals surface area contributed by atoms with Gasteiger partial charge in [-0.05, 0) is 41.0 Å². The first-order valence-corrected chi connectivity index (χ1v) is 8.94. The minimum Gasteiger partial charge on any atom is -0.455 e. The summed E-state index contributed by atoms with van der Waals surface area (Å²) >= 11 is 6.18. The fourth-order valence-electron chi connectivity index (χ4n) is 3.49. The molecule has 124 valence electrons. The molecule has 0 atom stereocenters. The molecule has 0 N–H and O–H groups in total. The highest BCUT2D eigenvalue weighted by Gasteiger charge is 2.13. The Morgan fingerprint density at radius 1 is 0.577 bits per heavy atom. The minimum absolute atomic E-state index is 0.724. The van der Waals surface area contributed by atoms with Crippen molar-refractivity contribution in [3.63, 3.8) is 0 Å². The van der Waals surface area contributed by atoms with Gasteiger partial charge in [-0.1, -0.05) is 78.3 Å². The van der Waals surface area contributed by atoms with Gasteiger partial charge < -0.3 is 4.42 Å². The van der Waals surface area contributed by atoms with Gasteiger partial charge in [0.1, 0.15) is 11.2 Å². The van der Waals surface area contributed by atoms with E-state index in [0.717, 1.165) is 38.1 Å². The third-order valence-corrected chi connectivity index (χ3v) is 4.97. The lowest BCUT2D eigenvalue weighted by Crippen LogP contribution is -1.79. The van der Waals surface area contributed by atoms with Crippen LogP contribution in [0, 0.1) is 0 Å². The van der Waals surface area contributed by atoms with Crippen LogP contribution in [0.4, 0.5) is 0 Å². The van der Waals surface area contributed by atoms with Crippen molar-refractivity contribution in [1.82, 2.24) is 0 Å². The molecule has 1 aromatic heterocycles. The number of furan rings is 1. The van der Waals surface area contributed by atoms with Gasteiger partial charge in [0.2, 0.25) is 0 Å². The van der Waals surface area contributed by atoms with E-state index in [2.05, 4.69) is 66.7 Å². The summed E-state index contributed by atoms with van der Waals surface area (Å²) in [7, 11) is 0. The summed E-state index contributed by atoms with van der Waals surface area (Å²) < 4.78 is 6.23. The molecule has 0 spiro atoms. The summed E-state index contributed by atoms with van der Waals surface area (Å²) in [4.78, 5) is 0. The van der Waals surface area contributed by atoms with E-state index in [1.165, 1.54) is 11.1 Å². The van der Waals surface area contributed by atoms with Gasteiger partial charge in [0, 0.05) is 21.4 Å². The summed E-state index contributed by atoms with van der Waals surface area (Å²) in [5.41, 5.74) is 6.31. The van der Waals surface area contributed by atoms with E-state index in [0.29, 0.717) is 0 Å². The Balaban J connectivity index is 1.76. The summed E-state index contributed by atoms with van der Waals surface area (Å²) in [6.45, 7) is 0. The van der Waals surface area contributed by atoms with E-state index in [1.54, 1.807) is 0 Å². The smallest absolute Gasteiger partial charge is 0.143 e. The van der Waals surface area contributed by atoms with Crippen LogP contribution in [0.15, 0.2) is 95.4 Å². The second kappa shape index (κ2) is 6.05. The summed E-state index contributed by atoms with van der Waals surface area (Å²) in [5.74, 6) is 0. The van der Waals surface area contributed by atoms with Crippen molar-refractivity contribution >= 4 is 33.5 Å². The number of hydrogen-bond acceptors (Lipinski definition) is 1. The molecule has 5 rings (SSSR count). The summed E-state index contributed by atoms with van der Waals surface area (Å²) in [5, 5.41) is 2.97. The molecule has 4 aromatic carbocycles. The number of fused-ring (bicyclic) bond motifs is 3.